The number of nitrogens with one attached hydrogen (secondary N) is 1. The number of rotatable bonds is 4. The fraction of sp³-hybridized carbons (Fsp3) is 0.353. The van der Waals surface area contributed by atoms with E-state index in [-0.39, 0.29) is 29.0 Å². The molecular formula is C17H19N3O4S. The maximum atomic E-state index is 12.4. The number of hydrogen-bond donors (Lipinski definition) is 1. The van der Waals surface area contributed by atoms with Crippen molar-refractivity contribution in [2.75, 3.05) is 16.8 Å². The molecule has 7 nitrogen and oxygen atoms in total. The zero-order valence-corrected chi connectivity index (χ0v) is 14.8. The lowest BCUT2D eigenvalue weighted by Gasteiger charge is -2.10. The molecule has 3 rings (SSSR count). The quantitative estimate of drug-likeness (QED) is 0.840. The smallest absolute Gasteiger partial charge is 0.276 e. The Morgan fingerprint density at radius 2 is 2.04 bits per heavy atom. The fourth-order valence-corrected chi connectivity index (χ4v) is 4.64. The van der Waals surface area contributed by atoms with Crippen molar-refractivity contribution in [1.29, 1.82) is 0 Å². The van der Waals surface area contributed by atoms with Crippen LogP contribution >= 0.6 is 0 Å². The van der Waals surface area contributed by atoms with Gasteiger partial charge in [0.1, 0.15) is 0 Å². The second-order valence-corrected chi connectivity index (χ2v) is 8.49. The van der Waals surface area contributed by atoms with Crippen molar-refractivity contribution < 1.29 is 18.0 Å². The fourth-order valence-electron chi connectivity index (χ4n) is 2.95. The first-order valence-electron chi connectivity index (χ1n) is 7.94. The minimum atomic E-state index is -3.03. The highest BCUT2D eigenvalue weighted by Crippen LogP contribution is 2.25. The summed E-state index contributed by atoms with van der Waals surface area (Å²) in [5.41, 5.74) is 1.98. The topological polar surface area (TPSA) is 98.1 Å². The second-order valence-electron chi connectivity index (χ2n) is 6.26. The first kappa shape index (κ1) is 17.3. The van der Waals surface area contributed by atoms with Crippen molar-refractivity contribution in [3.63, 3.8) is 0 Å². The third-order valence-electron chi connectivity index (χ3n) is 4.24. The maximum Gasteiger partial charge on any atom is 0.276 e. The van der Waals surface area contributed by atoms with Gasteiger partial charge in [-0.15, -0.1) is 0 Å². The van der Waals surface area contributed by atoms with E-state index in [2.05, 4.69) is 10.4 Å². The summed E-state index contributed by atoms with van der Waals surface area (Å²) in [6.07, 6.45) is 0.507. The summed E-state index contributed by atoms with van der Waals surface area (Å²) in [4.78, 5) is 23.8. The van der Waals surface area contributed by atoms with Gasteiger partial charge in [0.05, 0.1) is 17.5 Å². The third kappa shape index (κ3) is 3.79. The molecule has 1 N–H and O–H groups in total. The van der Waals surface area contributed by atoms with Gasteiger partial charge < -0.3 is 5.32 Å². The third-order valence-corrected chi connectivity index (χ3v) is 5.99. The number of nitrogens with zero attached hydrogens (tertiary/aromatic N) is 2. The Bertz CT molecular complexity index is 947. The molecule has 0 spiro atoms. The number of Topliss-reactive ketones (excluding diaryl/α,β-unsaturated/α-hetero) is 1. The Morgan fingerprint density at radius 1 is 1.28 bits per heavy atom. The lowest BCUT2D eigenvalue weighted by atomic mass is 10.1. The number of aromatic nitrogens is 2. The molecule has 1 fully saturated rings. The first-order valence-corrected chi connectivity index (χ1v) is 9.76. The number of amides is 1. The number of aryl methyl sites for hydroxylation is 1. The zero-order chi connectivity index (χ0) is 18.2. The zero-order valence-electron chi connectivity index (χ0n) is 14.0. The summed E-state index contributed by atoms with van der Waals surface area (Å²) in [5, 5.41) is 7.00. The van der Waals surface area contributed by atoms with E-state index in [4.69, 9.17) is 0 Å². The number of carbonyl (C=O) groups is 2. The minimum absolute atomic E-state index is 0.0528. The Balaban J connectivity index is 1.78. The second kappa shape index (κ2) is 6.44. The lowest BCUT2D eigenvalue weighted by Crippen LogP contribution is -2.16. The SMILES string of the molecule is CC(=O)c1cccc(NC(=O)c2cc(C)n(C3CCS(=O)(=O)C3)n2)c1. The van der Waals surface area contributed by atoms with Crippen molar-refractivity contribution in [3.8, 4) is 0 Å². The van der Waals surface area contributed by atoms with Crippen LogP contribution in [0.15, 0.2) is 30.3 Å². The molecule has 1 atom stereocenters. The standard InChI is InChI=1S/C17H19N3O4S/c1-11-8-16(19-20(11)15-6-7-25(23,24)10-15)17(22)18-14-5-3-4-13(9-14)12(2)21/h3-5,8-9,15H,6-7,10H2,1-2H3,(H,18,22). The molecule has 1 amide bonds. The van der Waals surface area contributed by atoms with Crippen molar-refractivity contribution >= 4 is 27.2 Å². The van der Waals surface area contributed by atoms with Crippen LogP contribution in [-0.4, -0.2) is 41.4 Å². The number of sulfone groups is 1. The van der Waals surface area contributed by atoms with Crippen LogP contribution in [0.5, 0.6) is 0 Å². The predicted octanol–water partition coefficient (Wildman–Crippen LogP) is 2.01. The van der Waals surface area contributed by atoms with Gasteiger partial charge in [-0.1, -0.05) is 12.1 Å². The average Bonchev–Trinajstić information content (AvgIpc) is 3.10. The van der Waals surface area contributed by atoms with Gasteiger partial charge in [0, 0.05) is 16.9 Å². The molecule has 1 unspecified atom stereocenters. The van der Waals surface area contributed by atoms with E-state index in [0.29, 0.717) is 17.7 Å². The molecule has 0 radical (unpaired) electrons. The van der Waals surface area contributed by atoms with Crippen molar-refractivity contribution in [1.82, 2.24) is 9.78 Å². The average molecular weight is 361 g/mol. The van der Waals surface area contributed by atoms with Crippen LogP contribution < -0.4 is 5.32 Å². The number of benzene rings is 1. The molecule has 1 aromatic heterocycles. The number of ketones is 1. The number of anilines is 1. The summed E-state index contributed by atoms with van der Waals surface area (Å²) in [6.45, 7) is 3.26. The summed E-state index contributed by atoms with van der Waals surface area (Å²) in [7, 11) is -3.03. The normalized spacial score (nSPS) is 18.9. The molecule has 132 valence electrons. The monoisotopic (exact) mass is 361 g/mol. The molecule has 8 heteroatoms. The van der Waals surface area contributed by atoms with Gasteiger partial charge >= 0.3 is 0 Å². The number of carbonyl (C=O) groups excluding carboxylic acids is 2. The summed E-state index contributed by atoms with van der Waals surface area (Å²) in [5.74, 6) is -0.282. The van der Waals surface area contributed by atoms with Crippen molar-refractivity contribution in [2.24, 2.45) is 0 Å². The Labute approximate surface area is 146 Å². The molecule has 1 aromatic carbocycles. The highest BCUT2D eigenvalue weighted by atomic mass is 32.2. The van der Waals surface area contributed by atoms with Crippen LogP contribution in [0.4, 0.5) is 5.69 Å². The molecule has 1 aliphatic rings. The van der Waals surface area contributed by atoms with Gasteiger partial charge in [-0.3, -0.25) is 14.3 Å². The van der Waals surface area contributed by atoms with Crippen LogP contribution in [0.25, 0.3) is 0 Å². The van der Waals surface area contributed by atoms with Gasteiger partial charge in [-0.25, -0.2) is 8.42 Å². The molecule has 2 aromatic rings. The molecule has 2 heterocycles. The summed E-state index contributed by atoms with van der Waals surface area (Å²) in [6, 6.07) is 8.07. The molecule has 1 aliphatic heterocycles. The Morgan fingerprint density at radius 3 is 2.68 bits per heavy atom. The van der Waals surface area contributed by atoms with Crippen LogP contribution in [-0.2, 0) is 9.84 Å². The van der Waals surface area contributed by atoms with Gasteiger partial charge in [-0.2, -0.15) is 5.10 Å². The van der Waals surface area contributed by atoms with Crippen LogP contribution in [0.3, 0.4) is 0 Å². The van der Waals surface area contributed by atoms with Crippen LogP contribution in [0.2, 0.25) is 0 Å². The first-order chi connectivity index (χ1) is 11.7. The number of hydrogen-bond acceptors (Lipinski definition) is 5. The van der Waals surface area contributed by atoms with E-state index in [9.17, 15) is 18.0 Å². The molecular weight excluding hydrogens is 342 g/mol. The van der Waals surface area contributed by atoms with Crippen molar-refractivity contribution in [2.45, 2.75) is 26.3 Å². The highest BCUT2D eigenvalue weighted by molar-refractivity contribution is 7.91. The molecule has 1 saturated heterocycles. The van der Waals surface area contributed by atoms with Gasteiger partial charge in [0.2, 0.25) is 0 Å². The van der Waals surface area contributed by atoms with Gasteiger partial charge in [0.25, 0.3) is 5.91 Å². The Kier molecular flexibility index (Phi) is 4.47. The molecule has 0 bridgehead atoms. The minimum Gasteiger partial charge on any atom is -0.321 e. The van der Waals surface area contributed by atoms with Crippen LogP contribution in [0.1, 0.15) is 45.9 Å². The molecule has 25 heavy (non-hydrogen) atoms. The molecule has 0 saturated carbocycles. The van der Waals surface area contributed by atoms with Crippen LogP contribution in [0, 0.1) is 6.92 Å². The van der Waals surface area contributed by atoms with E-state index in [1.165, 1.54) is 6.92 Å². The van der Waals surface area contributed by atoms with Gasteiger partial charge in [0.15, 0.2) is 21.3 Å². The molecule has 0 aliphatic carbocycles. The van der Waals surface area contributed by atoms with E-state index in [0.717, 1.165) is 5.69 Å². The lowest BCUT2D eigenvalue weighted by molar-refractivity contribution is 0.100. The summed E-state index contributed by atoms with van der Waals surface area (Å²) >= 11 is 0. The van der Waals surface area contributed by atoms with Crippen molar-refractivity contribution in [3.05, 3.63) is 47.3 Å². The Hall–Kier alpha value is -2.48. The summed E-state index contributed by atoms with van der Waals surface area (Å²) < 4.78 is 24.9. The van der Waals surface area contributed by atoms with E-state index in [1.807, 2.05) is 0 Å². The largest absolute Gasteiger partial charge is 0.321 e. The predicted molar refractivity (Wildman–Crippen MR) is 93.7 cm³/mol. The van der Waals surface area contributed by atoms with E-state index < -0.39 is 15.7 Å². The van der Waals surface area contributed by atoms with E-state index >= 15 is 0 Å². The maximum absolute atomic E-state index is 12.4. The van der Waals surface area contributed by atoms with Gasteiger partial charge in [-0.05, 0) is 38.5 Å². The van der Waals surface area contributed by atoms with E-state index in [1.54, 1.807) is 41.9 Å². The highest BCUT2D eigenvalue weighted by Gasteiger charge is 2.31.